The van der Waals surface area contributed by atoms with Gasteiger partial charge in [-0.3, -0.25) is 9.78 Å². The zero-order valence-corrected chi connectivity index (χ0v) is 18.6. The van der Waals surface area contributed by atoms with E-state index in [1.54, 1.807) is 38.1 Å². The number of para-hydroxylation sites is 2. The minimum atomic E-state index is -3.93. The summed E-state index contributed by atoms with van der Waals surface area (Å²) in [5.74, 6) is -1.37. The fourth-order valence-corrected chi connectivity index (χ4v) is 4.07. The third kappa shape index (κ3) is 5.01. The van der Waals surface area contributed by atoms with Crippen molar-refractivity contribution < 1.29 is 22.7 Å². The molecule has 1 aliphatic rings. The molecule has 32 heavy (non-hydrogen) atoms. The molecule has 0 saturated carbocycles. The van der Waals surface area contributed by atoms with E-state index in [-0.39, 0.29) is 22.9 Å². The van der Waals surface area contributed by atoms with Crippen LogP contribution in [0.1, 0.15) is 13.8 Å². The van der Waals surface area contributed by atoms with Gasteiger partial charge < -0.3 is 15.4 Å². The third-order valence-corrected chi connectivity index (χ3v) is 6.30. The summed E-state index contributed by atoms with van der Waals surface area (Å²) in [5, 5.41) is 5.67. The summed E-state index contributed by atoms with van der Waals surface area (Å²) in [6, 6.07) is 9.95. The number of pyridine rings is 1. The molecule has 0 spiro atoms. The number of nitrogens with zero attached hydrogens (tertiary/aromatic N) is 3. The average Bonchev–Trinajstić information content (AvgIpc) is 2.89. The standard InChI is InChI=1S/C21H23N5O5S/c1-4-31-21(28)19-14(2)23-16-9-5-6-10-17(16)24-20(19)25-18(27)13-26(3)32(29,30)15-8-7-11-22-12-15/h5-12,23H,4,13H2,1-3H3,(H,24,25,27). The Morgan fingerprint density at radius 2 is 1.94 bits per heavy atom. The van der Waals surface area contributed by atoms with Crippen LogP contribution in [0.2, 0.25) is 0 Å². The molecule has 0 aliphatic carbocycles. The minimum absolute atomic E-state index is 0.0319. The molecule has 0 saturated heterocycles. The molecule has 2 N–H and O–H groups in total. The van der Waals surface area contributed by atoms with Crippen molar-refractivity contribution in [2.45, 2.75) is 18.7 Å². The number of carbonyl (C=O) groups is 2. The Morgan fingerprint density at radius 3 is 2.62 bits per heavy atom. The Kier molecular flexibility index (Phi) is 7.01. The van der Waals surface area contributed by atoms with Crippen LogP contribution in [-0.4, -0.2) is 55.6 Å². The number of fused-ring (bicyclic) bond motifs is 1. The van der Waals surface area contributed by atoms with Gasteiger partial charge in [0.2, 0.25) is 15.9 Å². The SMILES string of the molecule is CCOC(=O)C1=C(C)Nc2ccccc2N=C1NC(=O)CN(C)S(=O)(=O)c1cccnc1. The first-order valence-corrected chi connectivity index (χ1v) is 11.2. The Hall–Kier alpha value is -3.57. The smallest absolute Gasteiger partial charge is 0.343 e. The van der Waals surface area contributed by atoms with E-state index in [4.69, 9.17) is 4.74 Å². The van der Waals surface area contributed by atoms with Crippen LogP contribution >= 0.6 is 0 Å². The van der Waals surface area contributed by atoms with Crippen LogP contribution in [0.25, 0.3) is 0 Å². The molecule has 0 fully saturated rings. The van der Waals surface area contributed by atoms with Crippen LogP contribution in [0.4, 0.5) is 11.4 Å². The number of amidine groups is 1. The van der Waals surface area contributed by atoms with Crippen molar-refractivity contribution in [2.75, 3.05) is 25.5 Å². The maximum atomic E-state index is 12.7. The molecule has 1 amide bonds. The molecule has 1 aromatic heterocycles. The molecule has 0 radical (unpaired) electrons. The molecule has 168 valence electrons. The molecule has 11 heteroatoms. The van der Waals surface area contributed by atoms with E-state index < -0.39 is 28.4 Å². The fraction of sp³-hybridized carbons (Fsp3) is 0.238. The number of amides is 1. The number of ether oxygens (including phenoxy) is 1. The van der Waals surface area contributed by atoms with Gasteiger partial charge in [-0.1, -0.05) is 12.1 Å². The predicted octanol–water partition coefficient (Wildman–Crippen LogP) is 1.81. The van der Waals surface area contributed by atoms with E-state index in [0.717, 1.165) is 4.31 Å². The number of nitrogens with one attached hydrogen (secondary N) is 2. The Labute approximate surface area is 186 Å². The number of sulfonamides is 1. The van der Waals surface area contributed by atoms with Crippen molar-refractivity contribution >= 4 is 39.1 Å². The highest BCUT2D eigenvalue weighted by molar-refractivity contribution is 7.89. The van der Waals surface area contributed by atoms with E-state index in [2.05, 4.69) is 20.6 Å². The van der Waals surface area contributed by atoms with E-state index in [1.807, 2.05) is 0 Å². The lowest BCUT2D eigenvalue weighted by molar-refractivity contribution is -0.137. The Balaban J connectivity index is 1.88. The van der Waals surface area contributed by atoms with Crippen LogP contribution in [0.15, 0.2) is 69.9 Å². The highest BCUT2D eigenvalue weighted by atomic mass is 32.2. The number of aromatic nitrogens is 1. The van der Waals surface area contributed by atoms with Gasteiger partial charge in [0.15, 0.2) is 0 Å². The van der Waals surface area contributed by atoms with E-state index in [9.17, 15) is 18.0 Å². The molecule has 0 bridgehead atoms. The van der Waals surface area contributed by atoms with E-state index >= 15 is 0 Å². The van der Waals surface area contributed by atoms with Crippen LogP contribution in [0, 0.1) is 0 Å². The fourth-order valence-electron chi connectivity index (χ4n) is 2.98. The molecule has 3 rings (SSSR count). The number of hydrogen-bond donors (Lipinski definition) is 2. The van der Waals surface area contributed by atoms with Gasteiger partial charge in [0.1, 0.15) is 16.3 Å². The lowest BCUT2D eigenvalue weighted by Gasteiger charge is -2.18. The van der Waals surface area contributed by atoms with Gasteiger partial charge in [0, 0.05) is 25.1 Å². The Bertz CT molecular complexity index is 1190. The van der Waals surface area contributed by atoms with Crippen molar-refractivity contribution in [1.82, 2.24) is 14.6 Å². The number of allylic oxidation sites excluding steroid dienone is 1. The van der Waals surface area contributed by atoms with Crippen molar-refractivity contribution in [3.05, 3.63) is 60.1 Å². The van der Waals surface area contributed by atoms with Gasteiger partial charge in [0.25, 0.3) is 0 Å². The van der Waals surface area contributed by atoms with Gasteiger partial charge in [-0.15, -0.1) is 0 Å². The van der Waals surface area contributed by atoms with E-state index in [1.165, 1.54) is 31.6 Å². The molecule has 2 aromatic rings. The molecule has 0 atom stereocenters. The van der Waals surface area contributed by atoms with Crippen molar-refractivity contribution in [1.29, 1.82) is 0 Å². The maximum Gasteiger partial charge on any atom is 0.343 e. The number of esters is 1. The highest BCUT2D eigenvalue weighted by Crippen LogP contribution is 2.30. The van der Waals surface area contributed by atoms with Gasteiger partial charge in [-0.05, 0) is 38.1 Å². The largest absolute Gasteiger partial charge is 0.462 e. The van der Waals surface area contributed by atoms with Crippen LogP contribution < -0.4 is 10.6 Å². The van der Waals surface area contributed by atoms with Crippen molar-refractivity contribution in [2.24, 2.45) is 4.99 Å². The topological polar surface area (TPSA) is 130 Å². The molecular formula is C21H23N5O5S. The predicted molar refractivity (Wildman–Crippen MR) is 119 cm³/mol. The molecular weight excluding hydrogens is 434 g/mol. The van der Waals surface area contributed by atoms with Gasteiger partial charge in [0.05, 0.1) is 24.5 Å². The number of rotatable bonds is 6. The number of likely N-dealkylation sites (N-methyl/N-ethyl adjacent to an activating group) is 1. The summed E-state index contributed by atoms with van der Waals surface area (Å²) in [6.07, 6.45) is 2.65. The second-order valence-corrected chi connectivity index (χ2v) is 8.87. The third-order valence-electron chi connectivity index (χ3n) is 4.52. The normalized spacial score (nSPS) is 13.6. The first kappa shape index (κ1) is 23.1. The molecule has 1 aliphatic heterocycles. The van der Waals surface area contributed by atoms with Crippen LogP contribution in [0.3, 0.4) is 0 Å². The Morgan fingerprint density at radius 1 is 1.19 bits per heavy atom. The molecule has 0 unspecified atom stereocenters. The minimum Gasteiger partial charge on any atom is -0.462 e. The summed E-state index contributed by atoms with van der Waals surface area (Å²) in [6.45, 7) is 2.96. The van der Waals surface area contributed by atoms with Crippen molar-refractivity contribution in [3.63, 3.8) is 0 Å². The molecule has 2 heterocycles. The average molecular weight is 458 g/mol. The zero-order chi connectivity index (χ0) is 23.3. The lowest BCUT2D eigenvalue weighted by Crippen LogP contribution is -2.42. The quantitative estimate of drug-likeness (QED) is 0.633. The number of hydrogen-bond acceptors (Lipinski definition) is 8. The summed E-state index contributed by atoms with van der Waals surface area (Å²) >= 11 is 0. The summed E-state index contributed by atoms with van der Waals surface area (Å²) in [4.78, 5) is 33.5. The maximum absolute atomic E-state index is 12.7. The first-order valence-electron chi connectivity index (χ1n) is 9.73. The number of benzene rings is 1. The first-order chi connectivity index (χ1) is 15.2. The highest BCUT2D eigenvalue weighted by Gasteiger charge is 2.28. The lowest BCUT2D eigenvalue weighted by atomic mass is 10.2. The van der Waals surface area contributed by atoms with E-state index in [0.29, 0.717) is 17.1 Å². The molecule has 10 nitrogen and oxygen atoms in total. The monoisotopic (exact) mass is 457 g/mol. The second-order valence-electron chi connectivity index (χ2n) is 6.82. The number of carbonyl (C=O) groups excluding carboxylic acids is 2. The van der Waals surface area contributed by atoms with Crippen LogP contribution in [0.5, 0.6) is 0 Å². The summed E-state index contributed by atoms with van der Waals surface area (Å²) in [7, 11) is -2.65. The van der Waals surface area contributed by atoms with Gasteiger partial charge >= 0.3 is 5.97 Å². The number of anilines is 1. The van der Waals surface area contributed by atoms with Gasteiger partial charge in [-0.2, -0.15) is 4.31 Å². The zero-order valence-electron chi connectivity index (χ0n) is 17.8. The van der Waals surface area contributed by atoms with Crippen LogP contribution in [-0.2, 0) is 24.3 Å². The van der Waals surface area contributed by atoms with Gasteiger partial charge in [-0.25, -0.2) is 18.2 Å². The molecule has 1 aromatic carbocycles. The second kappa shape index (κ2) is 9.71. The van der Waals surface area contributed by atoms with Crippen molar-refractivity contribution in [3.8, 4) is 0 Å². The number of aliphatic imine (C=N–C) groups is 1. The summed E-state index contributed by atoms with van der Waals surface area (Å²) in [5.41, 5.74) is 1.63. The summed E-state index contributed by atoms with van der Waals surface area (Å²) < 4.78 is 31.4.